The number of hydrogen-bond acceptors (Lipinski definition) is 2. The zero-order valence-corrected chi connectivity index (χ0v) is 16.6. The van der Waals surface area contributed by atoms with E-state index in [1.807, 2.05) is 12.1 Å². The van der Waals surface area contributed by atoms with Crippen molar-refractivity contribution in [3.05, 3.63) is 39.9 Å². The van der Waals surface area contributed by atoms with Crippen molar-refractivity contribution < 1.29 is 14.7 Å². The van der Waals surface area contributed by atoms with E-state index < -0.39 is 17.8 Å². The summed E-state index contributed by atoms with van der Waals surface area (Å²) in [5, 5.41) is 12.9. The first-order valence-corrected chi connectivity index (χ1v) is 10.3. The molecule has 4 nitrogen and oxygen atoms in total. The van der Waals surface area contributed by atoms with E-state index in [1.165, 1.54) is 0 Å². The van der Waals surface area contributed by atoms with E-state index in [-0.39, 0.29) is 17.7 Å². The van der Waals surface area contributed by atoms with Crippen LogP contribution in [0.1, 0.15) is 31.4 Å². The molecule has 1 amide bonds. The molecular formula is C21H24BrNO3. The van der Waals surface area contributed by atoms with Crippen LogP contribution in [0.5, 0.6) is 0 Å². The molecule has 0 saturated heterocycles. The van der Waals surface area contributed by atoms with Crippen LogP contribution in [0.4, 0.5) is 5.69 Å². The summed E-state index contributed by atoms with van der Waals surface area (Å²) in [6.45, 7) is 4.13. The number of allylic oxidation sites excluding steroid dienone is 2. The lowest BCUT2D eigenvalue weighted by atomic mass is 9.62. The predicted octanol–water partition coefficient (Wildman–Crippen LogP) is 4.28. The van der Waals surface area contributed by atoms with Crippen molar-refractivity contribution in [2.45, 2.75) is 33.1 Å². The third-order valence-electron chi connectivity index (χ3n) is 6.52. The molecule has 2 saturated carbocycles. The highest BCUT2D eigenvalue weighted by Gasteiger charge is 2.63. The maximum absolute atomic E-state index is 13.2. The van der Waals surface area contributed by atoms with E-state index in [9.17, 15) is 14.7 Å². The summed E-state index contributed by atoms with van der Waals surface area (Å²) in [6.07, 6.45) is 6.84. The fraction of sp³-hybridized carbons (Fsp3) is 0.524. The summed E-state index contributed by atoms with van der Waals surface area (Å²) in [5.74, 6) is -0.983. The number of aliphatic carboxylic acids is 1. The molecule has 5 rings (SSSR count). The van der Waals surface area contributed by atoms with Gasteiger partial charge in [0, 0.05) is 10.2 Å². The predicted molar refractivity (Wildman–Crippen MR) is 104 cm³/mol. The molecule has 0 aliphatic heterocycles. The number of halogens is 1. The van der Waals surface area contributed by atoms with Crippen LogP contribution >= 0.6 is 15.9 Å². The Hall–Kier alpha value is -1.62. The minimum absolute atomic E-state index is 0.0134. The fourth-order valence-corrected chi connectivity index (χ4v) is 5.77. The van der Waals surface area contributed by atoms with Crippen LogP contribution in [0.3, 0.4) is 0 Å². The fourth-order valence-electron chi connectivity index (χ4n) is 5.22. The molecule has 138 valence electrons. The molecule has 1 aromatic rings. The van der Waals surface area contributed by atoms with Crippen molar-refractivity contribution in [2.24, 2.45) is 35.5 Å². The number of carboxylic acid groups (broad SMARTS) is 1. The summed E-state index contributed by atoms with van der Waals surface area (Å²) in [4.78, 5) is 25.2. The Morgan fingerprint density at radius 3 is 2.12 bits per heavy atom. The van der Waals surface area contributed by atoms with Crippen LogP contribution in [-0.2, 0) is 22.4 Å². The minimum atomic E-state index is -0.836. The van der Waals surface area contributed by atoms with Gasteiger partial charge in [0.15, 0.2) is 0 Å². The maximum atomic E-state index is 13.2. The van der Waals surface area contributed by atoms with Gasteiger partial charge in [-0.15, -0.1) is 0 Å². The molecular weight excluding hydrogens is 394 g/mol. The first-order valence-electron chi connectivity index (χ1n) is 9.49. The van der Waals surface area contributed by atoms with Gasteiger partial charge in [0.05, 0.1) is 11.8 Å². The van der Waals surface area contributed by atoms with Crippen molar-refractivity contribution in [3.8, 4) is 0 Å². The minimum Gasteiger partial charge on any atom is -0.481 e. The first kappa shape index (κ1) is 17.8. The summed E-state index contributed by atoms with van der Waals surface area (Å²) in [7, 11) is 0. The van der Waals surface area contributed by atoms with E-state index in [0.29, 0.717) is 11.8 Å². The third kappa shape index (κ3) is 2.72. The monoisotopic (exact) mass is 417 g/mol. The molecule has 2 N–H and O–H groups in total. The maximum Gasteiger partial charge on any atom is 0.307 e. The Bertz CT molecular complexity index is 777. The van der Waals surface area contributed by atoms with Crippen LogP contribution in [0, 0.1) is 35.5 Å². The van der Waals surface area contributed by atoms with Gasteiger partial charge in [-0.1, -0.05) is 41.9 Å². The van der Waals surface area contributed by atoms with E-state index in [0.717, 1.165) is 40.5 Å². The number of carboxylic acids is 1. The van der Waals surface area contributed by atoms with Gasteiger partial charge in [0.25, 0.3) is 0 Å². The molecule has 4 aliphatic rings. The van der Waals surface area contributed by atoms with Gasteiger partial charge in [-0.2, -0.15) is 0 Å². The second kappa shape index (κ2) is 6.52. The van der Waals surface area contributed by atoms with Gasteiger partial charge >= 0.3 is 5.97 Å². The number of fused-ring (bicyclic) bond motifs is 1. The van der Waals surface area contributed by atoms with E-state index in [1.54, 1.807) is 0 Å². The van der Waals surface area contributed by atoms with Crippen molar-refractivity contribution in [1.29, 1.82) is 0 Å². The largest absolute Gasteiger partial charge is 0.481 e. The van der Waals surface area contributed by atoms with E-state index >= 15 is 0 Å². The summed E-state index contributed by atoms with van der Waals surface area (Å²) >= 11 is 3.54. The molecule has 6 atom stereocenters. The second-order valence-electron chi connectivity index (χ2n) is 7.79. The molecule has 0 spiro atoms. The van der Waals surface area contributed by atoms with E-state index in [2.05, 4.69) is 47.2 Å². The molecule has 5 heteroatoms. The number of rotatable bonds is 5. The van der Waals surface area contributed by atoms with Gasteiger partial charge in [-0.3, -0.25) is 9.59 Å². The van der Waals surface area contributed by atoms with Crippen molar-refractivity contribution in [3.63, 3.8) is 0 Å². The van der Waals surface area contributed by atoms with Crippen LogP contribution in [0.2, 0.25) is 0 Å². The Morgan fingerprint density at radius 1 is 1.08 bits per heavy atom. The molecule has 0 radical (unpaired) electrons. The number of carbonyl (C=O) groups excluding carboxylic acids is 1. The quantitative estimate of drug-likeness (QED) is 0.702. The highest BCUT2D eigenvalue weighted by Crippen LogP contribution is 2.63. The average Bonchev–Trinajstić information content (AvgIpc) is 3.44. The molecule has 1 aromatic carbocycles. The molecule has 2 bridgehead atoms. The molecule has 26 heavy (non-hydrogen) atoms. The zero-order chi connectivity index (χ0) is 18.6. The third-order valence-corrected chi connectivity index (χ3v) is 6.97. The van der Waals surface area contributed by atoms with Crippen LogP contribution < -0.4 is 5.32 Å². The lowest BCUT2D eigenvalue weighted by molar-refractivity contribution is -0.152. The number of carbonyl (C=O) groups is 2. The van der Waals surface area contributed by atoms with Crippen molar-refractivity contribution >= 4 is 33.5 Å². The summed E-state index contributed by atoms with van der Waals surface area (Å²) in [6, 6.07) is 4.07. The molecule has 4 aliphatic carbocycles. The van der Waals surface area contributed by atoms with Crippen LogP contribution in [-0.4, -0.2) is 17.0 Å². The van der Waals surface area contributed by atoms with Crippen molar-refractivity contribution in [2.75, 3.05) is 5.32 Å². The van der Waals surface area contributed by atoms with Gasteiger partial charge in [0.2, 0.25) is 5.91 Å². The number of benzene rings is 1. The smallest absolute Gasteiger partial charge is 0.307 e. The van der Waals surface area contributed by atoms with Crippen LogP contribution in [0.15, 0.2) is 28.8 Å². The average molecular weight is 418 g/mol. The Kier molecular flexibility index (Phi) is 4.46. The van der Waals surface area contributed by atoms with Crippen molar-refractivity contribution in [1.82, 2.24) is 0 Å². The van der Waals surface area contributed by atoms with Gasteiger partial charge in [0.1, 0.15) is 0 Å². The van der Waals surface area contributed by atoms with E-state index in [4.69, 9.17) is 0 Å². The highest BCUT2D eigenvalue weighted by molar-refractivity contribution is 9.10. The summed E-state index contributed by atoms with van der Waals surface area (Å²) < 4.78 is 1.01. The normalized spacial score (nSPS) is 33.7. The Morgan fingerprint density at radius 2 is 1.62 bits per heavy atom. The number of amides is 1. The first-order chi connectivity index (χ1) is 12.5. The summed E-state index contributed by atoms with van der Waals surface area (Å²) in [5.41, 5.74) is 3.03. The number of hydrogen-bond donors (Lipinski definition) is 2. The SMILES string of the molecule is CCc1cc(Br)cc(CC)c1NC(=O)[C@H]1[C@@H]2C=C[C@H]([C@H]3C[C@H]23)[C@@H]1C(=O)O. The Labute approximate surface area is 162 Å². The lowest BCUT2D eigenvalue weighted by Crippen LogP contribution is -2.48. The molecule has 0 heterocycles. The number of anilines is 1. The lowest BCUT2D eigenvalue weighted by Gasteiger charge is -2.41. The topological polar surface area (TPSA) is 66.4 Å². The number of nitrogens with one attached hydrogen (secondary N) is 1. The molecule has 2 fully saturated rings. The standard InChI is InChI=1S/C21H24BrNO3/c1-3-10-7-12(22)8-11(4-2)19(10)23-20(24)17-13-5-6-14(16-9-15(13)16)18(17)21(25)26/h5-8,13-18H,3-4,9H2,1-2H3,(H,23,24)(H,25,26)/t13-,14-,15-,16-,17+,18+/m1/s1. The van der Waals surface area contributed by atoms with Crippen LogP contribution in [0.25, 0.3) is 0 Å². The Balaban J connectivity index is 1.66. The zero-order valence-electron chi connectivity index (χ0n) is 15.0. The highest BCUT2D eigenvalue weighted by atomic mass is 79.9. The molecule has 0 unspecified atom stereocenters. The van der Waals surface area contributed by atoms with Gasteiger partial charge < -0.3 is 10.4 Å². The number of aryl methyl sites for hydroxylation is 2. The second-order valence-corrected chi connectivity index (χ2v) is 8.70. The molecule has 0 aromatic heterocycles. The van der Waals surface area contributed by atoms with Gasteiger partial charge in [-0.05, 0) is 66.2 Å². The van der Waals surface area contributed by atoms with Gasteiger partial charge in [-0.25, -0.2) is 0 Å².